The average Bonchev–Trinajstić information content (AvgIpc) is 3.08. The minimum atomic E-state index is -0.0463. The molecule has 122 valence electrons. The van der Waals surface area contributed by atoms with E-state index in [1.165, 1.54) is 5.39 Å². The van der Waals surface area contributed by atoms with E-state index in [4.69, 9.17) is 0 Å². The van der Waals surface area contributed by atoms with Crippen molar-refractivity contribution in [1.82, 2.24) is 9.97 Å². The van der Waals surface area contributed by atoms with Gasteiger partial charge in [-0.25, -0.2) is 0 Å². The summed E-state index contributed by atoms with van der Waals surface area (Å²) in [6.07, 6.45) is 0. The zero-order chi connectivity index (χ0) is 17.3. The van der Waals surface area contributed by atoms with Crippen molar-refractivity contribution in [2.75, 3.05) is 0 Å². The molecule has 0 saturated carbocycles. The number of para-hydroxylation sites is 1. The van der Waals surface area contributed by atoms with Gasteiger partial charge in [0, 0.05) is 32.4 Å². The molecular weight excluding hydrogens is 320 g/mol. The summed E-state index contributed by atoms with van der Waals surface area (Å²) in [7, 11) is 0. The van der Waals surface area contributed by atoms with Gasteiger partial charge in [-0.15, -0.1) is 0 Å². The summed E-state index contributed by atoms with van der Waals surface area (Å²) in [6.45, 7) is 0. The Labute approximate surface area is 147 Å². The summed E-state index contributed by atoms with van der Waals surface area (Å²) in [5.74, 6) is 0. The third-order valence-corrected chi connectivity index (χ3v) is 5.35. The van der Waals surface area contributed by atoms with Gasteiger partial charge in [0.05, 0.1) is 11.0 Å². The first kappa shape index (κ1) is 13.7. The van der Waals surface area contributed by atoms with E-state index in [1.54, 1.807) is 0 Å². The van der Waals surface area contributed by atoms with Gasteiger partial charge in [0.1, 0.15) is 0 Å². The van der Waals surface area contributed by atoms with Crippen molar-refractivity contribution in [2.24, 2.45) is 0 Å². The number of fused-ring (bicyclic) bond motifs is 10. The third kappa shape index (κ3) is 1.60. The molecule has 6 rings (SSSR count). The van der Waals surface area contributed by atoms with E-state index in [1.807, 2.05) is 36.4 Å². The molecule has 0 aliphatic heterocycles. The monoisotopic (exact) mass is 334 g/mol. The van der Waals surface area contributed by atoms with E-state index in [9.17, 15) is 4.79 Å². The molecule has 26 heavy (non-hydrogen) atoms. The van der Waals surface area contributed by atoms with Gasteiger partial charge in [-0.3, -0.25) is 4.79 Å². The van der Waals surface area contributed by atoms with E-state index >= 15 is 0 Å². The number of pyridine rings is 1. The Kier molecular flexibility index (Phi) is 2.49. The fourth-order valence-corrected chi connectivity index (χ4v) is 4.27. The Balaban J connectivity index is 2.10. The van der Waals surface area contributed by atoms with Gasteiger partial charge in [-0.05, 0) is 22.9 Å². The van der Waals surface area contributed by atoms with Crippen LogP contribution in [0.2, 0.25) is 0 Å². The van der Waals surface area contributed by atoms with Crippen LogP contribution in [0, 0.1) is 0 Å². The normalized spacial score (nSPS) is 12.0. The van der Waals surface area contributed by atoms with E-state index in [0.717, 1.165) is 48.9 Å². The second kappa shape index (κ2) is 4.73. The molecule has 2 N–H and O–H groups in total. The number of aromatic nitrogens is 2. The molecular formula is C23H14N2O. The molecule has 0 amide bonds. The van der Waals surface area contributed by atoms with Crippen LogP contribution in [0.15, 0.2) is 77.6 Å². The number of nitrogens with one attached hydrogen (secondary N) is 2. The summed E-state index contributed by atoms with van der Waals surface area (Å²) in [4.78, 5) is 19.5. The fourth-order valence-electron chi connectivity index (χ4n) is 4.27. The molecule has 0 bridgehead atoms. The Morgan fingerprint density at radius 1 is 0.500 bits per heavy atom. The van der Waals surface area contributed by atoms with Crippen LogP contribution in [0.3, 0.4) is 0 Å². The van der Waals surface area contributed by atoms with Gasteiger partial charge in [0.25, 0.3) is 5.56 Å². The lowest BCUT2D eigenvalue weighted by Crippen LogP contribution is -2.06. The molecule has 3 nitrogen and oxygen atoms in total. The van der Waals surface area contributed by atoms with Crippen LogP contribution in [0.4, 0.5) is 0 Å². The summed E-state index contributed by atoms with van der Waals surface area (Å²) < 4.78 is 0. The van der Waals surface area contributed by atoms with Crippen molar-refractivity contribution in [2.45, 2.75) is 0 Å². The first-order valence-electron chi connectivity index (χ1n) is 8.69. The van der Waals surface area contributed by atoms with Crippen molar-refractivity contribution >= 4 is 54.3 Å². The molecule has 0 atom stereocenters. The lowest BCUT2D eigenvalue weighted by molar-refractivity contribution is 1.36. The molecule has 3 heteroatoms. The van der Waals surface area contributed by atoms with Crippen LogP contribution in [-0.2, 0) is 0 Å². The quantitative estimate of drug-likeness (QED) is 0.356. The predicted octanol–water partition coefficient (Wildman–Crippen LogP) is 5.47. The second-order valence-corrected chi connectivity index (χ2v) is 6.72. The van der Waals surface area contributed by atoms with Crippen LogP contribution in [0.5, 0.6) is 0 Å². The maximum absolute atomic E-state index is 12.8. The van der Waals surface area contributed by atoms with E-state index in [-0.39, 0.29) is 5.56 Å². The molecule has 2 heterocycles. The van der Waals surface area contributed by atoms with Crippen LogP contribution in [0.25, 0.3) is 54.3 Å². The molecule has 0 fully saturated rings. The summed E-state index contributed by atoms with van der Waals surface area (Å²) in [6, 6.07) is 24.5. The molecule has 0 radical (unpaired) electrons. The van der Waals surface area contributed by atoms with Crippen LogP contribution >= 0.6 is 0 Å². The smallest absolute Gasteiger partial charge is 0.256 e. The predicted molar refractivity (Wildman–Crippen MR) is 109 cm³/mol. The maximum atomic E-state index is 12.8. The van der Waals surface area contributed by atoms with Gasteiger partial charge >= 0.3 is 0 Å². The Bertz CT molecular complexity index is 1550. The third-order valence-electron chi connectivity index (χ3n) is 5.35. The Morgan fingerprint density at radius 2 is 1.08 bits per heavy atom. The lowest BCUT2D eigenvalue weighted by atomic mass is 9.96. The first-order valence-corrected chi connectivity index (χ1v) is 8.69. The number of hydrogen-bond acceptors (Lipinski definition) is 1. The van der Waals surface area contributed by atoms with E-state index < -0.39 is 0 Å². The second-order valence-electron chi connectivity index (χ2n) is 6.72. The van der Waals surface area contributed by atoms with Crippen LogP contribution < -0.4 is 5.56 Å². The molecule has 2 aromatic heterocycles. The van der Waals surface area contributed by atoms with Crippen molar-refractivity contribution in [3.8, 4) is 0 Å². The number of benzene rings is 4. The number of rotatable bonds is 0. The molecule has 0 saturated heterocycles. The molecule has 0 aliphatic rings. The van der Waals surface area contributed by atoms with E-state index in [2.05, 4.69) is 46.4 Å². The Hall–Kier alpha value is -3.59. The highest BCUT2D eigenvalue weighted by molar-refractivity contribution is 6.34. The van der Waals surface area contributed by atoms with Gasteiger partial charge < -0.3 is 9.97 Å². The lowest BCUT2D eigenvalue weighted by Gasteiger charge is -2.10. The maximum Gasteiger partial charge on any atom is 0.256 e. The molecule has 0 aliphatic carbocycles. The Morgan fingerprint density at radius 3 is 1.85 bits per heavy atom. The number of aromatic amines is 2. The zero-order valence-corrected chi connectivity index (χ0v) is 13.8. The number of hydrogen-bond donors (Lipinski definition) is 2. The van der Waals surface area contributed by atoms with E-state index in [0.29, 0.717) is 0 Å². The zero-order valence-electron chi connectivity index (χ0n) is 13.8. The first-order chi connectivity index (χ1) is 12.8. The minimum Gasteiger partial charge on any atom is -0.354 e. The van der Waals surface area contributed by atoms with Crippen LogP contribution in [-0.4, -0.2) is 9.97 Å². The van der Waals surface area contributed by atoms with Crippen molar-refractivity contribution < 1.29 is 0 Å². The van der Waals surface area contributed by atoms with Gasteiger partial charge in [0.15, 0.2) is 0 Å². The molecule has 4 aromatic carbocycles. The van der Waals surface area contributed by atoms with Crippen molar-refractivity contribution in [3.63, 3.8) is 0 Å². The highest BCUT2D eigenvalue weighted by atomic mass is 16.1. The topological polar surface area (TPSA) is 48.6 Å². The minimum absolute atomic E-state index is 0.0463. The highest BCUT2D eigenvalue weighted by Crippen LogP contribution is 2.39. The summed E-state index contributed by atoms with van der Waals surface area (Å²) >= 11 is 0. The molecule has 0 spiro atoms. The standard InChI is InChI=1S/C23H14N2O/c26-23-16-10-4-2-8-14(16)19-13-7-1-3-9-15(13)21-20(22(19)25-23)17-11-5-6-12-18(17)24-21/h1-12,24H,(H,25,26). The molecule has 6 aromatic rings. The highest BCUT2D eigenvalue weighted by Gasteiger charge is 2.16. The number of H-pyrrole nitrogens is 2. The fraction of sp³-hybridized carbons (Fsp3) is 0. The largest absolute Gasteiger partial charge is 0.354 e. The van der Waals surface area contributed by atoms with Crippen molar-refractivity contribution in [1.29, 1.82) is 0 Å². The van der Waals surface area contributed by atoms with Gasteiger partial charge in [0.2, 0.25) is 0 Å². The average molecular weight is 334 g/mol. The summed E-state index contributed by atoms with van der Waals surface area (Å²) in [5, 5.41) is 7.35. The van der Waals surface area contributed by atoms with Gasteiger partial charge in [-0.2, -0.15) is 0 Å². The molecule has 0 unspecified atom stereocenters. The van der Waals surface area contributed by atoms with Crippen molar-refractivity contribution in [3.05, 3.63) is 83.2 Å². The van der Waals surface area contributed by atoms with Gasteiger partial charge in [-0.1, -0.05) is 60.7 Å². The van der Waals surface area contributed by atoms with Crippen LogP contribution in [0.1, 0.15) is 0 Å². The SMILES string of the molecule is O=c1[nH]c2c(c3ccccc13)c1ccccc1c1[nH]c3ccccc3c12. The summed E-state index contributed by atoms with van der Waals surface area (Å²) in [5.41, 5.74) is 3.00.